The number of rotatable bonds is 4. The minimum atomic E-state index is -0.304. The Balaban J connectivity index is 2.21. The number of ketones is 1. The third-order valence-corrected chi connectivity index (χ3v) is 2.93. The third kappa shape index (κ3) is 2.86. The molecule has 1 heterocycles. The van der Waals surface area contributed by atoms with Gasteiger partial charge < -0.3 is 0 Å². The Morgan fingerprint density at radius 2 is 2.16 bits per heavy atom. The molecule has 4 nitrogen and oxygen atoms in total. The lowest BCUT2D eigenvalue weighted by molar-refractivity contribution is 0.0989. The second-order valence-electron chi connectivity index (χ2n) is 4.78. The maximum atomic E-state index is 13.2. The summed E-state index contributed by atoms with van der Waals surface area (Å²) >= 11 is 0. The van der Waals surface area contributed by atoms with Crippen molar-refractivity contribution in [1.82, 2.24) is 14.8 Å². The fourth-order valence-corrected chi connectivity index (χ4v) is 1.90. The SMILES string of the molecule is Cc1cc(C(=O)Cc2ncnn2C(C)C)ccc1F. The molecule has 0 aliphatic carbocycles. The van der Waals surface area contributed by atoms with Crippen LogP contribution in [0.15, 0.2) is 24.5 Å². The van der Waals surface area contributed by atoms with E-state index in [0.717, 1.165) is 0 Å². The summed E-state index contributed by atoms with van der Waals surface area (Å²) in [6.45, 7) is 5.60. The smallest absolute Gasteiger partial charge is 0.170 e. The van der Waals surface area contributed by atoms with Crippen LogP contribution in [0.25, 0.3) is 0 Å². The molecule has 0 bridgehead atoms. The lowest BCUT2D eigenvalue weighted by atomic mass is 10.1. The van der Waals surface area contributed by atoms with Crippen molar-refractivity contribution in [3.8, 4) is 0 Å². The van der Waals surface area contributed by atoms with Crippen LogP contribution < -0.4 is 0 Å². The Bertz CT molecular complexity index is 604. The average molecular weight is 261 g/mol. The molecule has 1 aromatic carbocycles. The van der Waals surface area contributed by atoms with Gasteiger partial charge >= 0.3 is 0 Å². The number of benzene rings is 1. The number of halogens is 1. The van der Waals surface area contributed by atoms with Crippen LogP contribution in [0.4, 0.5) is 4.39 Å². The lowest BCUT2D eigenvalue weighted by Gasteiger charge is -2.09. The van der Waals surface area contributed by atoms with E-state index in [2.05, 4.69) is 10.1 Å². The van der Waals surface area contributed by atoms with Crippen molar-refractivity contribution in [2.24, 2.45) is 0 Å². The highest BCUT2D eigenvalue weighted by molar-refractivity contribution is 5.97. The zero-order valence-electron chi connectivity index (χ0n) is 11.2. The highest BCUT2D eigenvalue weighted by Gasteiger charge is 2.14. The summed E-state index contributed by atoms with van der Waals surface area (Å²) < 4.78 is 14.9. The summed E-state index contributed by atoms with van der Waals surface area (Å²) in [5.41, 5.74) is 0.966. The first-order chi connectivity index (χ1) is 8.99. The van der Waals surface area contributed by atoms with Gasteiger partial charge in [0.15, 0.2) is 5.78 Å². The number of hydrogen-bond donors (Lipinski definition) is 0. The molecule has 0 atom stereocenters. The molecule has 1 aromatic heterocycles. The van der Waals surface area contributed by atoms with Gasteiger partial charge in [-0.25, -0.2) is 14.1 Å². The Hall–Kier alpha value is -2.04. The van der Waals surface area contributed by atoms with Gasteiger partial charge in [-0.15, -0.1) is 0 Å². The number of aromatic nitrogens is 3. The van der Waals surface area contributed by atoms with E-state index in [0.29, 0.717) is 17.0 Å². The van der Waals surface area contributed by atoms with Crippen molar-refractivity contribution in [1.29, 1.82) is 0 Å². The van der Waals surface area contributed by atoms with Crippen molar-refractivity contribution in [3.63, 3.8) is 0 Å². The number of aryl methyl sites for hydroxylation is 1. The zero-order chi connectivity index (χ0) is 14.0. The highest BCUT2D eigenvalue weighted by atomic mass is 19.1. The van der Waals surface area contributed by atoms with E-state index in [9.17, 15) is 9.18 Å². The molecule has 19 heavy (non-hydrogen) atoms. The molecule has 5 heteroatoms. The molecule has 0 N–H and O–H groups in total. The standard InChI is InChI=1S/C14H16FN3O/c1-9(2)18-14(16-8-17-18)7-13(19)11-4-5-12(15)10(3)6-11/h4-6,8-9H,7H2,1-3H3. The zero-order valence-corrected chi connectivity index (χ0v) is 11.2. The van der Waals surface area contributed by atoms with Gasteiger partial charge in [0.05, 0.1) is 6.42 Å². The van der Waals surface area contributed by atoms with Crippen LogP contribution in [-0.4, -0.2) is 20.5 Å². The molecule has 0 saturated heterocycles. The molecule has 100 valence electrons. The molecule has 2 rings (SSSR count). The van der Waals surface area contributed by atoms with Gasteiger partial charge in [-0.2, -0.15) is 5.10 Å². The third-order valence-electron chi connectivity index (χ3n) is 2.93. The first-order valence-corrected chi connectivity index (χ1v) is 6.16. The molecule has 0 saturated carbocycles. The van der Waals surface area contributed by atoms with Gasteiger partial charge in [0.2, 0.25) is 0 Å². The van der Waals surface area contributed by atoms with Gasteiger partial charge in [-0.1, -0.05) is 0 Å². The maximum Gasteiger partial charge on any atom is 0.170 e. The van der Waals surface area contributed by atoms with Crippen molar-refractivity contribution in [2.45, 2.75) is 33.2 Å². The molecule has 0 amide bonds. The first-order valence-electron chi connectivity index (χ1n) is 6.16. The fourth-order valence-electron chi connectivity index (χ4n) is 1.90. The minimum Gasteiger partial charge on any atom is -0.294 e. The molecule has 0 aliphatic rings. The van der Waals surface area contributed by atoms with Crippen LogP contribution in [0.3, 0.4) is 0 Å². The van der Waals surface area contributed by atoms with Crippen LogP contribution in [0.5, 0.6) is 0 Å². The van der Waals surface area contributed by atoms with Crippen LogP contribution in [-0.2, 0) is 6.42 Å². The number of hydrogen-bond acceptors (Lipinski definition) is 3. The largest absolute Gasteiger partial charge is 0.294 e. The van der Waals surface area contributed by atoms with Crippen molar-refractivity contribution < 1.29 is 9.18 Å². The van der Waals surface area contributed by atoms with Crippen LogP contribution in [0.1, 0.15) is 41.6 Å². The predicted octanol–water partition coefficient (Wildman–Crippen LogP) is 2.73. The van der Waals surface area contributed by atoms with Gasteiger partial charge in [-0.05, 0) is 44.5 Å². The van der Waals surface area contributed by atoms with E-state index in [1.807, 2.05) is 13.8 Å². The number of carbonyl (C=O) groups is 1. The Kier molecular flexibility index (Phi) is 3.74. The Morgan fingerprint density at radius 3 is 2.79 bits per heavy atom. The van der Waals surface area contributed by atoms with Gasteiger partial charge in [0.1, 0.15) is 18.0 Å². The number of nitrogens with zero attached hydrogens (tertiary/aromatic N) is 3. The second-order valence-corrected chi connectivity index (χ2v) is 4.78. The predicted molar refractivity (Wildman–Crippen MR) is 69.6 cm³/mol. The number of carbonyl (C=O) groups excluding carboxylic acids is 1. The van der Waals surface area contributed by atoms with Crippen LogP contribution >= 0.6 is 0 Å². The Morgan fingerprint density at radius 1 is 1.42 bits per heavy atom. The molecule has 0 radical (unpaired) electrons. The van der Waals surface area contributed by atoms with E-state index in [1.165, 1.54) is 18.5 Å². The normalized spacial score (nSPS) is 11.0. The molecular formula is C14H16FN3O. The van der Waals surface area contributed by atoms with E-state index >= 15 is 0 Å². The summed E-state index contributed by atoms with van der Waals surface area (Å²) in [5, 5.41) is 4.09. The van der Waals surface area contributed by atoms with E-state index < -0.39 is 0 Å². The summed E-state index contributed by atoms with van der Waals surface area (Å²) in [4.78, 5) is 16.2. The fraction of sp³-hybridized carbons (Fsp3) is 0.357. The van der Waals surface area contributed by atoms with E-state index in [4.69, 9.17) is 0 Å². The quantitative estimate of drug-likeness (QED) is 0.795. The van der Waals surface area contributed by atoms with Gasteiger partial charge in [0.25, 0.3) is 0 Å². The summed E-state index contributed by atoms with van der Waals surface area (Å²) in [6.07, 6.45) is 1.61. The molecule has 0 aliphatic heterocycles. The molecule has 2 aromatic rings. The van der Waals surface area contributed by atoms with Gasteiger partial charge in [0, 0.05) is 11.6 Å². The minimum absolute atomic E-state index is 0.0852. The van der Waals surface area contributed by atoms with Crippen LogP contribution in [0.2, 0.25) is 0 Å². The summed E-state index contributed by atoms with van der Waals surface area (Å²) in [6, 6.07) is 4.53. The molecule has 0 spiro atoms. The van der Waals surface area contributed by atoms with E-state index in [1.54, 1.807) is 17.7 Å². The van der Waals surface area contributed by atoms with E-state index in [-0.39, 0.29) is 24.1 Å². The average Bonchev–Trinajstić information content (AvgIpc) is 2.80. The molecule has 0 fully saturated rings. The summed E-state index contributed by atoms with van der Waals surface area (Å²) in [7, 11) is 0. The summed E-state index contributed by atoms with van der Waals surface area (Å²) in [5.74, 6) is 0.238. The van der Waals surface area contributed by atoms with Crippen molar-refractivity contribution >= 4 is 5.78 Å². The van der Waals surface area contributed by atoms with Crippen LogP contribution in [0, 0.1) is 12.7 Å². The van der Waals surface area contributed by atoms with Crippen molar-refractivity contribution in [2.75, 3.05) is 0 Å². The second kappa shape index (κ2) is 5.30. The first kappa shape index (κ1) is 13.4. The topological polar surface area (TPSA) is 47.8 Å². The highest BCUT2D eigenvalue weighted by Crippen LogP contribution is 2.13. The Labute approximate surface area is 111 Å². The molecule has 0 unspecified atom stereocenters. The lowest BCUT2D eigenvalue weighted by Crippen LogP contribution is -2.13. The number of Topliss-reactive ketones (excluding diaryl/α,β-unsaturated/α-hetero) is 1. The van der Waals surface area contributed by atoms with Gasteiger partial charge in [-0.3, -0.25) is 4.79 Å². The maximum absolute atomic E-state index is 13.2. The van der Waals surface area contributed by atoms with Crippen molar-refractivity contribution in [3.05, 3.63) is 47.3 Å². The monoisotopic (exact) mass is 261 g/mol. The molecular weight excluding hydrogens is 245 g/mol.